The number of rotatable bonds is 6. The fraction of sp³-hybridized carbons (Fsp3) is 0.550. The van der Waals surface area contributed by atoms with Crippen LogP contribution in [0.4, 0.5) is 0 Å². The molecule has 1 aromatic rings. The lowest BCUT2D eigenvalue weighted by Gasteiger charge is -2.34. The van der Waals surface area contributed by atoms with E-state index in [4.69, 9.17) is 0 Å². The number of sulfonamides is 1. The molecule has 2 aliphatic rings. The van der Waals surface area contributed by atoms with Gasteiger partial charge in [0.2, 0.25) is 27.7 Å². The summed E-state index contributed by atoms with van der Waals surface area (Å²) in [5.74, 6) is -0.616. The average molecular weight is 422 g/mol. The molecule has 2 heterocycles. The van der Waals surface area contributed by atoms with Gasteiger partial charge in [-0.2, -0.15) is 4.31 Å². The Morgan fingerprint density at radius 3 is 2.07 bits per heavy atom. The van der Waals surface area contributed by atoms with Gasteiger partial charge in [-0.1, -0.05) is 26.0 Å². The van der Waals surface area contributed by atoms with E-state index in [0.717, 1.165) is 16.9 Å². The van der Waals surface area contributed by atoms with E-state index in [1.54, 1.807) is 12.1 Å². The van der Waals surface area contributed by atoms with Gasteiger partial charge in [0, 0.05) is 39.0 Å². The fourth-order valence-electron chi connectivity index (χ4n) is 3.57. The molecule has 1 aromatic carbocycles. The van der Waals surface area contributed by atoms with E-state index in [0.29, 0.717) is 5.92 Å². The van der Waals surface area contributed by atoms with Crippen molar-refractivity contribution in [3.05, 3.63) is 29.8 Å². The molecule has 0 bridgehead atoms. The van der Waals surface area contributed by atoms with Crippen molar-refractivity contribution in [2.24, 2.45) is 0 Å². The highest BCUT2D eigenvalue weighted by atomic mass is 32.2. The third kappa shape index (κ3) is 4.51. The first-order chi connectivity index (χ1) is 13.7. The molecule has 0 saturated carbocycles. The molecule has 0 aliphatic carbocycles. The van der Waals surface area contributed by atoms with Crippen LogP contribution in [-0.4, -0.2) is 73.0 Å². The van der Waals surface area contributed by atoms with Gasteiger partial charge in [0.15, 0.2) is 0 Å². The van der Waals surface area contributed by atoms with E-state index in [9.17, 15) is 22.8 Å². The Balaban J connectivity index is 1.60. The minimum atomic E-state index is -3.62. The van der Waals surface area contributed by atoms with Crippen LogP contribution in [0.3, 0.4) is 0 Å². The molecule has 0 unspecified atom stereocenters. The number of likely N-dealkylation sites (tertiary alicyclic amines) is 1. The summed E-state index contributed by atoms with van der Waals surface area (Å²) < 4.78 is 27.2. The number of hydrogen-bond donors (Lipinski definition) is 0. The van der Waals surface area contributed by atoms with Gasteiger partial charge in [-0.3, -0.25) is 19.3 Å². The Labute approximate surface area is 171 Å². The molecule has 3 amide bonds. The van der Waals surface area contributed by atoms with Crippen molar-refractivity contribution < 1.29 is 22.8 Å². The van der Waals surface area contributed by atoms with Crippen molar-refractivity contribution in [3.8, 4) is 0 Å². The molecule has 8 nitrogen and oxygen atoms in total. The number of benzene rings is 1. The topological polar surface area (TPSA) is 95.1 Å². The quantitative estimate of drug-likeness (QED) is 0.643. The van der Waals surface area contributed by atoms with Crippen LogP contribution in [0.15, 0.2) is 29.2 Å². The van der Waals surface area contributed by atoms with Crippen molar-refractivity contribution in [2.75, 3.05) is 32.7 Å². The second-order valence-electron chi connectivity index (χ2n) is 7.54. The van der Waals surface area contributed by atoms with E-state index in [1.807, 2.05) is 12.1 Å². The number of nitrogens with zero attached hydrogens (tertiary/aromatic N) is 3. The second-order valence-corrected chi connectivity index (χ2v) is 9.47. The van der Waals surface area contributed by atoms with Crippen molar-refractivity contribution in [2.45, 2.75) is 43.9 Å². The number of piperazine rings is 1. The van der Waals surface area contributed by atoms with Gasteiger partial charge in [-0.25, -0.2) is 8.42 Å². The van der Waals surface area contributed by atoms with E-state index >= 15 is 0 Å². The van der Waals surface area contributed by atoms with Gasteiger partial charge in [0.25, 0.3) is 0 Å². The molecule has 2 aliphatic heterocycles. The van der Waals surface area contributed by atoms with Crippen molar-refractivity contribution in [3.63, 3.8) is 0 Å². The maximum Gasteiger partial charge on any atom is 0.243 e. The van der Waals surface area contributed by atoms with Crippen LogP contribution in [0, 0.1) is 0 Å². The third-order valence-electron chi connectivity index (χ3n) is 5.74. The molecule has 0 aromatic heterocycles. The highest BCUT2D eigenvalue weighted by Gasteiger charge is 2.34. The molecule has 1 atom stereocenters. The van der Waals surface area contributed by atoms with E-state index in [1.165, 1.54) is 9.21 Å². The van der Waals surface area contributed by atoms with E-state index < -0.39 is 10.0 Å². The first-order valence-electron chi connectivity index (χ1n) is 9.95. The Morgan fingerprint density at radius 2 is 1.55 bits per heavy atom. The average Bonchev–Trinajstić information content (AvgIpc) is 3.05. The Hall–Kier alpha value is -2.26. The van der Waals surface area contributed by atoms with Gasteiger partial charge in [0.05, 0.1) is 4.90 Å². The minimum Gasteiger partial charge on any atom is -0.338 e. The maximum atomic E-state index is 12.9. The number of carbonyl (C=O) groups excluding carboxylic acids is 3. The van der Waals surface area contributed by atoms with Gasteiger partial charge in [0.1, 0.15) is 6.54 Å². The number of carbonyl (C=O) groups is 3. The fourth-order valence-corrected chi connectivity index (χ4v) is 4.99. The molecule has 2 saturated heterocycles. The normalized spacial score (nSPS) is 19.7. The predicted octanol–water partition coefficient (Wildman–Crippen LogP) is 1.18. The largest absolute Gasteiger partial charge is 0.338 e. The lowest BCUT2D eigenvalue weighted by atomic mass is 9.99. The zero-order valence-corrected chi connectivity index (χ0v) is 17.7. The van der Waals surface area contributed by atoms with E-state index in [2.05, 4.69) is 13.8 Å². The molecule has 0 N–H and O–H groups in total. The predicted molar refractivity (Wildman–Crippen MR) is 106 cm³/mol. The highest BCUT2D eigenvalue weighted by molar-refractivity contribution is 7.89. The monoisotopic (exact) mass is 421 g/mol. The van der Waals surface area contributed by atoms with Crippen molar-refractivity contribution in [1.29, 1.82) is 0 Å². The molecule has 0 spiro atoms. The van der Waals surface area contributed by atoms with Crippen LogP contribution in [0.5, 0.6) is 0 Å². The lowest BCUT2D eigenvalue weighted by Crippen LogP contribution is -2.53. The summed E-state index contributed by atoms with van der Waals surface area (Å²) in [6.45, 7) is 4.76. The van der Waals surface area contributed by atoms with Crippen LogP contribution in [0.25, 0.3) is 0 Å². The summed E-state index contributed by atoms with van der Waals surface area (Å²) in [4.78, 5) is 38.5. The smallest absolute Gasteiger partial charge is 0.243 e. The molecule has 158 valence electrons. The summed E-state index contributed by atoms with van der Waals surface area (Å²) in [5.41, 5.74) is 1.10. The molecule has 0 radical (unpaired) electrons. The van der Waals surface area contributed by atoms with Crippen molar-refractivity contribution in [1.82, 2.24) is 14.1 Å². The molecule has 2 fully saturated rings. The summed E-state index contributed by atoms with van der Waals surface area (Å²) in [6, 6.07) is 6.98. The summed E-state index contributed by atoms with van der Waals surface area (Å²) in [6.07, 6.45) is 1.28. The number of imide groups is 1. The van der Waals surface area contributed by atoms with Crippen LogP contribution >= 0.6 is 0 Å². The molecular formula is C20H27N3O5S. The van der Waals surface area contributed by atoms with Gasteiger partial charge < -0.3 is 4.90 Å². The lowest BCUT2D eigenvalue weighted by molar-refractivity contribution is -0.145. The zero-order chi connectivity index (χ0) is 21.2. The van der Waals surface area contributed by atoms with E-state index in [-0.39, 0.29) is 68.2 Å². The Bertz CT molecular complexity index is 873. The number of hydrogen-bond acceptors (Lipinski definition) is 5. The van der Waals surface area contributed by atoms with Gasteiger partial charge >= 0.3 is 0 Å². The van der Waals surface area contributed by atoms with Crippen LogP contribution in [0.1, 0.15) is 44.6 Å². The molecule has 9 heteroatoms. The summed E-state index contributed by atoms with van der Waals surface area (Å²) >= 11 is 0. The molecular weight excluding hydrogens is 394 g/mol. The van der Waals surface area contributed by atoms with Crippen LogP contribution in [0.2, 0.25) is 0 Å². The molecule has 3 rings (SSSR count). The summed E-state index contributed by atoms with van der Waals surface area (Å²) in [5, 5.41) is 0. The zero-order valence-electron chi connectivity index (χ0n) is 16.8. The van der Waals surface area contributed by atoms with Crippen LogP contribution < -0.4 is 0 Å². The van der Waals surface area contributed by atoms with Crippen molar-refractivity contribution >= 4 is 27.7 Å². The second kappa shape index (κ2) is 8.62. The first-order valence-corrected chi connectivity index (χ1v) is 11.4. The maximum absolute atomic E-state index is 12.9. The first kappa shape index (κ1) is 21.4. The molecule has 29 heavy (non-hydrogen) atoms. The third-order valence-corrected chi connectivity index (χ3v) is 7.65. The van der Waals surface area contributed by atoms with Crippen LogP contribution in [-0.2, 0) is 24.4 Å². The van der Waals surface area contributed by atoms with Gasteiger partial charge in [-0.05, 0) is 30.0 Å². The SMILES string of the molecule is CC[C@H](C)c1ccc(S(=O)(=O)N2CCN(C(=O)CN3C(=O)CCC3=O)CC2)cc1. The highest BCUT2D eigenvalue weighted by Crippen LogP contribution is 2.23. The number of amides is 3. The Kier molecular flexibility index (Phi) is 6.38. The minimum absolute atomic E-state index is 0.147. The van der Waals surface area contributed by atoms with Gasteiger partial charge in [-0.15, -0.1) is 0 Å². The standard InChI is InChI=1S/C20H27N3O5S/c1-3-15(2)16-4-6-17(7-5-16)29(27,28)22-12-10-21(11-13-22)20(26)14-23-18(24)8-9-19(23)25/h4-7,15H,3,8-14H2,1-2H3/t15-/m0/s1. The Morgan fingerprint density at radius 1 is 1.00 bits per heavy atom. The summed E-state index contributed by atoms with van der Waals surface area (Å²) in [7, 11) is -3.62.